The molecule has 3 rings (SSSR count). The normalized spacial score (nSPS) is 16.2. The fraction of sp³-hybridized carbons (Fsp3) is 0.174. The Morgan fingerprint density at radius 1 is 1.09 bits per heavy atom. The number of benzene rings is 2. The molecule has 1 heterocycles. The average Bonchev–Trinajstić information content (AvgIpc) is 2.83. The molecule has 0 aromatic heterocycles. The van der Waals surface area contributed by atoms with E-state index in [1.165, 1.54) is 0 Å². The number of hydrogen-bond donors (Lipinski definition) is 1. The van der Waals surface area contributed by atoms with Gasteiger partial charge in [0.05, 0.1) is 53.6 Å². The molecule has 0 saturated carbocycles. The molecule has 1 atom stereocenters. The van der Waals surface area contributed by atoms with Gasteiger partial charge in [0.25, 0.3) is 0 Å². The van der Waals surface area contributed by atoms with Crippen LogP contribution in [0.15, 0.2) is 65.1 Å². The van der Waals surface area contributed by atoms with Crippen LogP contribution in [0.2, 0.25) is 10.0 Å². The van der Waals surface area contributed by atoms with E-state index in [-0.39, 0.29) is 11.1 Å². The fourth-order valence-corrected chi connectivity index (χ4v) is 4.22. The van der Waals surface area contributed by atoms with Gasteiger partial charge in [0.2, 0.25) is 0 Å². The molecule has 2 aromatic carbocycles. The highest BCUT2D eigenvalue weighted by molar-refractivity contribution is 6.36. The average molecular weight is 526 g/mol. The van der Waals surface area contributed by atoms with E-state index in [2.05, 4.69) is 0 Å². The standard InChI is InChI=1S/C23H16Cl2F3N3O4/c1-34-21(32)17-16(11-6-4-3-5-7-11)13(10-29)20(30)31(19(17)22(33)35-2)15-9-12(24)8-14(18(15)25)23(26,27)28/h3-9,16H,30H2,1-2H3. The summed E-state index contributed by atoms with van der Waals surface area (Å²) in [5.41, 5.74) is 3.63. The summed E-state index contributed by atoms with van der Waals surface area (Å²) < 4.78 is 50.6. The molecular formula is C23H16Cl2F3N3O4. The van der Waals surface area contributed by atoms with Crippen molar-refractivity contribution in [2.45, 2.75) is 12.1 Å². The predicted octanol–water partition coefficient (Wildman–Crippen LogP) is 4.91. The number of rotatable bonds is 4. The molecule has 1 aliphatic heterocycles. The number of nitriles is 1. The summed E-state index contributed by atoms with van der Waals surface area (Å²) in [7, 11) is 2.04. The van der Waals surface area contributed by atoms with Gasteiger partial charge < -0.3 is 15.2 Å². The predicted molar refractivity (Wildman–Crippen MR) is 121 cm³/mol. The number of anilines is 1. The van der Waals surface area contributed by atoms with E-state index in [0.717, 1.165) is 25.2 Å². The molecule has 0 saturated heterocycles. The SMILES string of the molecule is COC(=O)C1=C(C(=O)OC)N(c2cc(Cl)cc(C(F)(F)F)c2Cl)C(N)=C(C#N)C1c1ccccc1. The second-order valence-electron chi connectivity index (χ2n) is 7.12. The third-order valence-electron chi connectivity index (χ3n) is 5.17. The third kappa shape index (κ3) is 4.65. The van der Waals surface area contributed by atoms with E-state index >= 15 is 0 Å². The zero-order chi connectivity index (χ0) is 26.1. The summed E-state index contributed by atoms with van der Waals surface area (Å²) in [6.45, 7) is 0. The lowest BCUT2D eigenvalue weighted by molar-refractivity contribution is -0.139. The number of halogens is 5. The lowest BCUT2D eigenvalue weighted by Gasteiger charge is -2.36. The molecule has 2 N–H and O–H groups in total. The highest BCUT2D eigenvalue weighted by Gasteiger charge is 2.44. The van der Waals surface area contributed by atoms with Crippen molar-refractivity contribution in [3.63, 3.8) is 0 Å². The van der Waals surface area contributed by atoms with Gasteiger partial charge in [-0.2, -0.15) is 18.4 Å². The first kappa shape index (κ1) is 25.9. The highest BCUT2D eigenvalue weighted by Crippen LogP contribution is 2.48. The van der Waals surface area contributed by atoms with Crippen molar-refractivity contribution in [2.24, 2.45) is 5.73 Å². The van der Waals surface area contributed by atoms with Crippen LogP contribution in [0, 0.1) is 11.3 Å². The largest absolute Gasteiger partial charge is 0.466 e. The number of allylic oxidation sites excluding steroid dienone is 1. The summed E-state index contributed by atoms with van der Waals surface area (Å²) in [5.74, 6) is -3.83. The molecule has 182 valence electrons. The summed E-state index contributed by atoms with van der Waals surface area (Å²) in [6.07, 6.45) is -4.92. The van der Waals surface area contributed by atoms with E-state index in [9.17, 15) is 28.0 Å². The molecule has 0 bridgehead atoms. The van der Waals surface area contributed by atoms with Crippen LogP contribution in [0.3, 0.4) is 0 Å². The zero-order valence-corrected chi connectivity index (χ0v) is 19.6. The monoisotopic (exact) mass is 525 g/mol. The maximum atomic E-state index is 13.6. The second kappa shape index (κ2) is 9.90. The lowest BCUT2D eigenvalue weighted by atomic mass is 9.81. The van der Waals surface area contributed by atoms with Crippen LogP contribution in [0.1, 0.15) is 17.0 Å². The van der Waals surface area contributed by atoms with Crippen molar-refractivity contribution in [3.05, 3.63) is 86.3 Å². The molecule has 35 heavy (non-hydrogen) atoms. The molecular weight excluding hydrogens is 510 g/mol. The van der Waals surface area contributed by atoms with Gasteiger partial charge in [-0.15, -0.1) is 0 Å². The Labute approximate surface area is 207 Å². The number of methoxy groups -OCH3 is 2. The van der Waals surface area contributed by atoms with Gasteiger partial charge in [0, 0.05) is 5.02 Å². The van der Waals surface area contributed by atoms with Gasteiger partial charge in [0.15, 0.2) is 0 Å². The molecule has 2 aromatic rings. The molecule has 1 aliphatic rings. The molecule has 0 fully saturated rings. The van der Waals surface area contributed by atoms with Crippen molar-refractivity contribution in [1.29, 1.82) is 5.26 Å². The molecule has 0 spiro atoms. The number of carbonyl (C=O) groups is 2. The van der Waals surface area contributed by atoms with Crippen LogP contribution < -0.4 is 10.6 Å². The minimum atomic E-state index is -4.92. The van der Waals surface area contributed by atoms with Gasteiger partial charge in [-0.25, -0.2) is 9.59 Å². The molecule has 1 unspecified atom stereocenters. The van der Waals surface area contributed by atoms with Crippen molar-refractivity contribution in [2.75, 3.05) is 19.1 Å². The van der Waals surface area contributed by atoms with Gasteiger partial charge in [-0.05, 0) is 17.7 Å². The molecule has 0 radical (unpaired) electrons. The third-order valence-corrected chi connectivity index (χ3v) is 5.79. The molecule has 12 heteroatoms. The van der Waals surface area contributed by atoms with E-state index in [1.807, 2.05) is 6.07 Å². The van der Waals surface area contributed by atoms with Crippen molar-refractivity contribution >= 4 is 40.8 Å². The number of alkyl halides is 3. The Morgan fingerprint density at radius 2 is 1.69 bits per heavy atom. The molecule has 0 aliphatic carbocycles. The Kier molecular flexibility index (Phi) is 7.33. The summed E-state index contributed by atoms with van der Waals surface area (Å²) in [5, 5.41) is 8.71. The highest BCUT2D eigenvalue weighted by atomic mass is 35.5. The number of nitrogens with zero attached hydrogens (tertiary/aromatic N) is 2. The summed E-state index contributed by atoms with van der Waals surface area (Å²) >= 11 is 12.1. The Bertz CT molecular complexity index is 1300. The van der Waals surface area contributed by atoms with E-state index < -0.39 is 56.8 Å². The van der Waals surface area contributed by atoms with Gasteiger partial charge in [0.1, 0.15) is 11.5 Å². The topological polar surface area (TPSA) is 106 Å². The van der Waals surface area contributed by atoms with Gasteiger partial charge >= 0.3 is 18.1 Å². The summed E-state index contributed by atoms with van der Waals surface area (Å²) in [4.78, 5) is 26.7. The fourth-order valence-electron chi connectivity index (χ4n) is 3.71. The first-order valence-corrected chi connectivity index (χ1v) is 10.4. The first-order valence-electron chi connectivity index (χ1n) is 9.69. The van der Waals surface area contributed by atoms with Crippen LogP contribution in [-0.2, 0) is 25.2 Å². The number of nitrogens with two attached hydrogens (primary N) is 1. The van der Waals surface area contributed by atoms with Crippen molar-refractivity contribution < 1.29 is 32.2 Å². The maximum Gasteiger partial charge on any atom is 0.417 e. The Morgan fingerprint density at radius 3 is 2.20 bits per heavy atom. The van der Waals surface area contributed by atoms with Gasteiger partial charge in [-0.3, -0.25) is 4.90 Å². The van der Waals surface area contributed by atoms with E-state index in [4.69, 9.17) is 38.4 Å². The molecule has 7 nitrogen and oxygen atoms in total. The zero-order valence-electron chi connectivity index (χ0n) is 18.1. The van der Waals surface area contributed by atoms with Crippen molar-refractivity contribution in [1.82, 2.24) is 0 Å². The molecule has 0 amide bonds. The van der Waals surface area contributed by atoms with E-state index in [0.29, 0.717) is 11.6 Å². The van der Waals surface area contributed by atoms with Crippen LogP contribution >= 0.6 is 23.2 Å². The summed E-state index contributed by atoms with van der Waals surface area (Å²) in [6, 6.07) is 11.6. The maximum absolute atomic E-state index is 13.6. The van der Waals surface area contributed by atoms with E-state index in [1.54, 1.807) is 30.3 Å². The number of hydrogen-bond acceptors (Lipinski definition) is 7. The lowest BCUT2D eigenvalue weighted by Crippen LogP contribution is -2.41. The van der Waals surface area contributed by atoms with Crippen LogP contribution in [0.5, 0.6) is 0 Å². The van der Waals surface area contributed by atoms with Crippen LogP contribution in [0.25, 0.3) is 0 Å². The first-order chi connectivity index (χ1) is 16.5. The Hall–Kier alpha value is -3.68. The second-order valence-corrected chi connectivity index (χ2v) is 7.93. The Balaban J connectivity index is 2.50. The quantitative estimate of drug-likeness (QED) is 0.565. The van der Waals surface area contributed by atoms with Crippen LogP contribution in [0.4, 0.5) is 18.9 Å². The number of carbonyl (C=O) groups excluding carboxylic acids is 2. The van der Waals surface area contributed by atoms with Crippen LogP contribution in [-0.4, -0.2) is 26.2 Å². The number of esters is 2. The minimum absolute atomic E-state index is 0.242. The van der Waals surface area contributed by atoms with Crippen molar-refractivity contribution in [3.8, 4) is 6.07 Å². The minimum Gasteiger partial charge on any atom is -0.466 e. The van der Waals surface area contributed by atoms with Gasteiger partial charge in [-0.1, -0.05) is 53.5 Å². The number of ether oxygens (including phenoxy) is 2. The smallest absolute Gasteiger partial charge is 0.417 e.